The number of aromatic hydroxyl groups is 1. The normalized spacial score (nSPS) is 11.6. The Morgan fingerprint density at radius 3 is 2.43 bits per heavy atom. The second-order valence-electron chi connectivity index (χ2n) is 6.95. The number of hydrogen-bond acceptors (Lipinski definition) is 5. The summed E-state index contributed by atoms with van der Waals surface area (Å²) in [6, 6.07) is 18.9. The highest BCUT2D eigenvalue weighted by Crippen LogP contribution is 2.33. The Kier molecular flexibility index (Phi) is 3.54. The fraction of sp³-hybridized carbons (Fsp3) is 0. The summed E-state index contributed by atoms with van der Waals surface area (Å²) in [4.78, 5) is 4.59. The minimum atomic E-state index is 0.139. The van der Waals surface area contributed by atoms with Crippen molar-refractivity contribution in [2.45, 2.75) is 0 Å². The third kappa shape index (κ3) is 2.46. The second kappa shape index (κ2) is 6.27. The fourth-order valence-corrected chi connectivity index (χ4v) is 3.81. The summed E-state index contributed by atoms with van der Waals surface area (Å²) in [5, 5.41) is 27.1. The predicted molar refractivity (Wildman–Crippen MR) is 115 cm³/mol. The van der Waals surface area contributed by atoms with Crippen LogP contribution in [0.15, 0.2) is 73.2 Å². The largest absolute Gasteiger partial charge is 0.507 e. The molecule has 3 aromatic carbocycles. The quantitative estimate of drug-likeness (QED) is 0.448. The average molecular weight is 413 g/mol. The van der Waals surface area contributed by atoms with Crippen LogP contribution < -0.4 is 0 Å². The lowest BCUT2D eigenvalue weighted by molar-refractivity contribution is 0.477. The maximum absolute atomic E-state index is 10.6. The first-order valence-electron chi connectivity index (χ1n) is 9.24. The molecule has 0 atom stereocenters. The van der Waals surface area contributed by atoms with E-state index in [9.17, 15) is 5.11 Å². The molecule has 7 nitrogen and oxygen atoms in total. The van der Waals surface area contributed by atoms with Gasteiger partial charge in [-0.15, -0.1) is 10.2 Å². The van der Waals surface area contributed by atoms with Crippen molar-refractivity contribution in [3.63, 3.8) is 0 Å². The predicted octanol–water partition coefficient (Wildman–Crippen LogP) is 4.64. The molecule has 0 bridgehead atoms. The number of hydrogen-bond donors (Lipinski definition) is 1. The van der Waals surface area contributed by atoms with E-state index in [4.69, 9.17) is 11.6 Å². The van der Waals surface area contributed by atoms with Crippen molar-refractivity contribution in [1.29, 1.82) is 0 Å². The lowest BCUT2D eigenvalue weighted by Crippen LogP contribution is -1.99. The molecule has 0 aliphatic carbocycles. The van der Waals surface area contributed by atoms with E-state index < -0.39 is 0 Å². The van der Waals surface area contributed by atoms with Crippen LogP contribution in [0.3, 0.4) is 0 Å². The summed E-state index contributed by atoms with van der Waals surface area (Å²) < 4.78 is 3.49. The van der Waals surface area contributed by atoms with E-state index in [0.29, 0.717) is 27.7 Å². The van der Waals surface area contributed by atoms with Crippen molar-refractivity contribution < 1.29 is 5.11 Å². The molecule has 8 heteroatoms. The molecular formula is C22H13ClN6O. The Bertz CT molecular complexity index is 1570. The van der Waals surface area contributed by atoms with Crippen LogP contribution in [0.25, 0.3) is 44.5 Å². The van der Waals surface area contributed by atoms with Gasteiger partial charge in [-0.25, -0.2) is 9.67 Å². The van der Waals surface area contributed by atoms with Crippen molar-refractivity contribution in [2.75, 3.05) is 0 Å². The first-order valence-corrected chi connectivity index (χ1v) is 9.62. The van der Waals surface area contributed by atoms with Gasteiger partial charge in [0.2, 0.25) is 0 Å². The monoisotopic (exact) mass is 412 g/mol. The molecule has 1 N–H and O–H groups in total. The lowest BCUT2D eigenvalue weighted by Gasteiger charge is -2.06. The van der Waals surface area contributed by atoms with Crippen LogP contribution in [0.2, 0.25) is 5.02 Å². The van der Waals surface area contributed by atoms with Gasteiger partial charge in [-0.3, -0.25) is 4.40 Å². The average Bonchev–Trinajstić information content (AvgIpc) is 3.38. The van der Waals surface area contributed by atoms with E-state index in [1.54, 1.807) is 39.8 Å². The molecule has 0 amide bonds. The zero-order valence-corrected chi connectivity index (χ0v) is 16.2. The number of phenols is 1. The van der Waals surface area contributed by atoms with E-state index in [-0.39, 0.29) is 5.75 Å². The SMILES string of the molecule is Oc1cc2ccccc2cc1-c1nnc2c3cnn(-c4ccc(Cl)cc4)c3ncn12. The van der Waals surface area contributed by atoms with Gasteiger partial charge < -0.3 is 5.11 Å². The Balaban J connectivity index is 1.55. The summed E-state index contributed by atoms with van der Waals surface area (Å²) in [6.07, 6.45) is 3.36. The first-order chi connectivity index (χ1) is 14.7. The van der Waals surface area contributed by atoms with Gasteiger partial charge in [-0.05, 0) is 47.2 Å². The van der Waals surface area contributed by atoms with Gasteiger partial charge in [0.15, 0.2) is 17.1 Å². The van der Waals surface area contributed by atoms with Crippen LogP contribution in [0.1, 0.15) is 0 Å². The fourth-order valence-electron chi connectivity index (χ4n) is 3.68. The van der Waals surface area contributed by atoms with Crippen LogP contribution in [0.5, 0.6) is 5.75 Å². The highest BCUT2D eigenvalue weighted by atomic mass is 35.5. The topological polar surface area (TPSA) is 81.1 Å². The van der Waals surface area contributed by atoms with Crippen LogP contribution in [0.4, 0.5) is 0 Å². The van der Waals surface area contributed by atoms with Crippen LogP contribution in [-0.2, 0) is 0 Å². The standard InChI is InChI=1S/C22H13ClN6O/c23-15-5-7-16(8-6-15)29-20-18(11-25-29)22-27-26-21(28(22)12-24-20)17-9-13-3-1-2-4-14(13)10-19(17)30/h1-12,30H. The number of phenolic OH excluding ortho intramolecular Hbond substituents is 1. The van der Waals surface area contributed by atoms with Gasteiger partial charge in [0.25, 0.3) is 0 Å². The van der Waals surface area contributed by atoms with Gasteiger partial charge in [0.1, 0.15) is 12.1 Å². The zero-order chi connectivity index (χ0) is 20.2. The molecule has 0 spiro atoms. The van der Waals surface area contributed by atoms with Crippen LogP contribution in [-0.4, -0.2) is 34.5 Å². The molecule has 30 heavy (non-hydrogen) atoms. The van der Waals surface area contributed by atoms with Gasteiger partial charge >= 0.3 is 0 Å². The molecule has 0 radical (unpaired) electrons. The maximum Gasteiger partial charge on any atom is 0.175 e. The van der Waals surface area contributed by atoms with Crippen molar-refractivity contribution >= 4 is 39.1 Å². The highest BCUT2D eigenvalue weighted by Gasteiger charge is 2.17. The molecule has 6 aromatic rings. The molecular weight excluding hydrogens is 400 g/mol. The maximum atomic E-state index is 10.6. The van der Waals surface area contributed by atoms with E-state index in [1.165, 1.54) is 0 Å². The van der Waals surface area contributed by atoms with Crippen LogP contribution in [0, 0.1) is 0 Å². The molecule has 0 fully saturated rings. The smallest absolute Gasteiger partial charge is 0.175 e. The molecule has 0 unspecified atom stereocenters. The van der Waals surface area contributed by atoms with Gasteiger partial charge in [0.05, 0.1) is 22.8 Å². The molecule has 0 aliphatic rings. The second-order valence-corrected chi connectivity index (χ2v) is 7.38. The number of rotatable bonds is 2. The Labute approximate surface area is 174 Å². The molecule has 0 aliphatic heterocycles. The van der Waals surface area contributed by atoms with Crippen molar-refractivity contribution in [1.82, 2.24) is 29.4 Å². The van der Waals surface area contributed by atoms with E-state index >= 15 is 0 Å². The summed E-state index contributed by atoms with van der Waals surface area (Å²) in [5.41, 5.74) is 2.71. The van der Waals surface area contributed by atoms with Crippen molar-refractivity contribution in [2.24, 2.45) is 0 Å². The molecule has 6 rings (SSSR count). The number of nitrogens with zero attached hydrogens (tertiary/aromatic N) is 6. The van der Waals surface area contributed by atoms with Gasteiger partial charge in [-0.1, -0.05) is 35.9 Å². The number of aromatic nitrogens is 6. The van der Waals surface area contributed by atoms with Gasteiger partial charge in [-0.2, -0.15) is 5.10 Å². The number of fused-ring (bicyclic) bond motifs is 4. The van der Waals surface area contributed by atoms with E-state index in [1.807, 2.05) is 42.5 Å². The molecule has 0 saturated heterocycles. The number of benzene rings is 3. The van der Waals surface area contributed by atoms with Crippen LogP contribution >= 0.6 is 11.6 Å². The van der Waals surface area contributed by atoms with E-state index in [2.05, 4.69) is 20.3 Å². The highest BCUT2D eigenvalue weighted by molar-refractivity contribution is 6.30. The van der Waals surface area contributed by atoms with Crippen molar-refractivity contribution in [3.8, 4) is 22.8 Å². The van der Waals surface area contributed by atoms with E-state index in [0.717, 1.165) is 21.8 Å². The lowest BCUT2D eigenvalue weighted by atomic mass is 10.1. The third-order valence-corrected chi connectivity index (χ3v) is 5.40. The Morgan fingerprint density at radius 1 is 0.867 bits per heavy atom. The third-order valence-electron chi connectivity index (χ3n) is 5.15. The Hall–Kier alpha value is -3.97. The van der Waals surface area contributed by atoms with Crippen molar-refractivity contribution in [3.05, 3.63) is 78.2 Å². The minimum Gasteiger partial charge on any atom is -0.507 e. The summed E-state index contributed by atoms with van der Waals surface area (Å²) in [6.45, 7) is 0. The molecule has 0 saturated carbocycles. The summed E-state index contributed by atoms with van der Waals surface area (Å²) in [5.74, 6) is 0.654. The summed E-state index contributed by atoms with van der Waals surface area (Å²) in [7, 11) is 0. The Morgan fingerprint density at radius 2 is 1.63 bits per heavy atom. The molecule has 3 heterocycles. The first kappa shape index (κ1) is 16.9. The number of halogens is 1. The summed E-state index contributed by atoms with van der Waals surface area (Å²) >= 11 is 5.99. The van der Waals surface area contributed by atoms with Gasteiger partial charge in [0, 0.05) is 5.02 Å². The molecule has 144 valence electrons. The molecule has 3 aromatic heterocycles. The zero-order valence-electron chi connectivity index (χ0n) is 15.4. The minimum absolute atomic E-state index is 0.139.